The summed E-state index contributed by atoms with van der Waals surface area (Å²) in [4.78, 5) is 4.15. The summed E-state index contributed by atoms with van der Waals surface area (Å²) in [5.41, 5.74) is -3.12. The molecule has 30 heavy (non-hydrogen) atoms. The van der Waals surface area contributed by atoms with Crippen molar-refractivity contribution in [1.82, 2.24) is 14.9 Å². The van der Waals surface area contributed by atoms with Gasteiger partial charge in [-0.25, -0.2) is 8.42 Å². The number of methoxy groups -OCH3 is 1. The van der Waals surface area contributed by atoms with E-state index in [0.29, 0.717) is 42.8 Å². The molecule has 1 aromatic carbocycles. The van der Waals surface area contributed by atoms with Crippen molar-refractivity contribution in [2.24, 2.45) is 10.9 Å². The molecule has 0 bridgehead atoms. The van der Waals surface area contributed by atoms with Crippen LogP contribution in [0.4, 0.5) is 13.2 Å². The molecule has 1 aromatic rings. The normalized spacial score (nSPS) is 16.8. The number of hydrogen-bond acceptors (Lipinski definition) is 4. The summed E-state index contributed by atoms with van der Waals surface area (Å²) in [6.07, 6.45) is 0.719. The molecule has 12 heteroatoms. The standard InChI is InChI=1S/C18H27F3N4O3S.HI/c1-22-17(24-12-15-4-3-5-16(10-15)13-28-2)23-11-14-6-8-25(9-7-14)29(26,27)18(19,20)21;/h3-5,10,14H,6-9,11-13H2,1-2H3,(H2,22,23,24);1H. The van der Waals surface area contributed by atoms with E-state index in [2.05, 4.69) is 15.6 Å². The third-order valence-electron chi connectivity index (χ3n) is 4.75. The molecule has 1 heterocycles. The van der Waals surface area contributed by atoms with Crippen molar-refractivity contribution in [1.29, 1.82) is 0 Å². The second-order valence-corrected chi connectivity index (χ2v) is 8.78. The second kappa shape index (κ2) is 12.1. The summed E-state index contributed by atoms with van der Waals surface area (Å²) in [5.74, 6) is 0.644. The van der Waals surface area contributed by atoms with E-state index in [-0.39, 0.29) is 43.0 Å². The second-order valence-electron chi connectivity index (χ2n) is 6.85. The highest BCUT2D eigenvalue weighted by molar-refractivity contribution is 14.0. The fourth-order valence-corrected chi connectivity index (χ4v) is 4.13. The van der Waals surface area contributed by atoms with E-state index < -0.39 is 15.5 Å². The van der Waals surface area contributed by atoms with E-state index in [1.165, 1.54) is 0 Å². The van der Waals surface area contributed by atoms with Crippen LogP contribution in [0.1, 0.15) is 24.0 Å². The smallest absolute Gasteiger partial charge is 0.380 e. The lowest BCUT2D eigenvalue weighted by molar-refractivity contribution is -0.0496. The molecule has 2 N–H and O–H groups in total. The molecule has 172 valence electrons. The molecular formula is C18H28F3IN4O3S. The van der Waals surface area contributed by atoms with Crippen LogP contribution in [-0.4, -0.2) is 58.0 Å². The van der Waals surface area contributed by atoms with Gasteiger partial charge in [0.1, 0.15) is 0 Å². The number of nitrogens with zero attached hydrogens (tertiary/aromatic N) is 2. The van der Waals surface area contributed by atoms with Gasteiger partial charge in [0.2, 0.25) is 0 Å². The van der Waals surface area contributed by atoms with Gasteiger partial charge in [-0.15, -0.1) is 24.0 Å². The Labute approximate surface area is 192 Å². The molecule has 0 saturated carbocycles. The third-order valence-corrected chi connectivity index (χ3v) is 6.38. The highest BCUT2D eigenvalue weighted by atomic mass is 127. The lowest BCUT2D eigenvalue weighted by atomic mass is 9.98. The fourth-order valence-electron chi connectivity index (χ4n) is 3.14. The lowest BCUT2D eigenvalue weighted by Gasteiger charge is -2.31. The van der Waals surface area contributed by atoms with Crippen LogP contribution in [0.3, 0.4) is 0 Å². The molecule has 2 rings (SSSR count). The average Bonchev–Trinajstić information content (AvgIpc) is 2.68. The predicted octanol–water partition coefficient (Wildman–Crippen LogP) is 2.68. The monoisotopic (exact) mass is 564 g/mol. The van der Waals surface area contributed by atoms with Crippen LogP contribution in [0, 0.1) is 5.92 Å². The van der Waals surface area contributed by atoms with E-state index in [1.807, 2.05) is 24.3 Å². The molecule has 1 aliphatic heterocycles. The zero-order valence-electron chi connectivity index (χ0n) is 16.9. The van der Waals surface area contributed by atoms with Gasteiger partial charge in [-0.3, -0.25) is 4.99 Å². The van der Waals surface area contributed by atoms with Crippen LogP contribution in [0.5, 0.6) is 0 Å². The van der Waals surface area contributed by atoms with Crippen molar-refractivity contribution in [3.63, 3.8) is 0 Å². The summed E-state index contributed by atoms with van der Waals surface area (Å²) < 4.78 is 66.5. The Hall–Kier alpha value is -1.12. The molecule has 0 spiro atoms. The topological polar surface area (TPSA) is 83.0 Å². The van der Waals surface area contributed by atoms with Gasteiger partial charge in [0.05, 0.1) is 6.61 Å². The zero-order chi connectivity index (χ0) is 21.5. The Morgan fingerprint density at radius 2 is 1.87 bits per heavy atom. The summed E-state index contributed by atoms with van der Waals surface area (Å²) in [6, 6.07) is 7.94. The Bertz CT molecular complexity index is 798. The fraction of sp³-hybridized carbons (Fsp3) is 0.611. The van der Waals surface area contributed by atoms with E-state index in [9.17, 15) is 21.6 Å². The number of benzene rings is 1. The van der Waals surface area contributed by atoms with Gasteiger partial charge < -0.3 is 15.4 Å². The number of alkyl halides is 3. The van der Waals surface area contributed by atoms with Crippen LogP contribution in [0.2, 0.25) is 0 Å². The highest BCUT2D eigenvalue weighted by Crippen LogP contribution is 2.30. The van der Waals surface area contributed by atoms with Crippen molar-refractivity contribution < 1.29 is 26.3 Å². The summed E-state index contributed by atoms with van der Waals surface area (Å²) >= 11 is 0. The Morgan fingerprint density at radius 3 is 2.43 bits per heavy atom. The maximum absolute atomic E-state index is 12.6. The molecule has 7 nitrogen and oxygen atoms in total. The van der Waals surface area contributed by atoms with Crippen molar-refractivity contribution >= 4 is 40.0 Å². The molecule has 0 amide bonds. The molecule has 0 atom stereocenters. The van der Waals surface area contributed by atoms with Crippen molar-refractivity contribution in [3.8, 4) is 0 Å². The SMILES string of the molecule is CN=C(NCc1cccc(COC)c1)NCC1CCN(S(=O)(=O)C(F)(F)F)CC1.I. The minimum atomic E-state index is -5.25. The van der Waals surface area contributed by atoms with Crippen molar-refractivity contribution in [2.75, 3.05) is 33.8 Å². The van der Waals surface area contributed by atoms with Gasteiger partial charge in [-0.05, 0) is 29.9 Å². The number of rotatable bonds is 7. The number of ether oxygens (including phenoxy) is 1. The first kappa shape index (κ1) is 26.9. The summed E-state index contributed by atoms with van der Waals surface area (Å²) in [6.45, 7) is 1.32. The van der Waals surface area contributed by atoms with Gasteiger partial charge in [0.15, 0.2) is 5.96 Å². The lowest BCUT2D eigenvalue weighted by Crippen LogP contribution is -2.47. The molecule has 1 fully saturated rings. The Balaban J connectivity index is 0.00000450. The van der Waals surface area contributed by atoms with Gasteiger partial charge >= 0.3 is 15.5 Å². The van der Waals surface area contributed by atoms with Gasteiger partial charge in [-0.1, -0.05) is 24.3 Å². The van der Waals surface area contributed by atoms with Crippen LogP contribution in [0.25, 0.3) is 0 Å². The Kier molecular flexibility index (Phi) is 10.8. The number of nitrogens with one attached hydrogen (secondary N) is 2. The highest BCUT2D eigenvalue weighted by Gasteiger charge is 2.50. The quantitative estimate of drug-likeness (QED) is 0.303. The first-order chi connectivity index (χ1) is 13.7. The van der Waals surface area contributed by atoms with Gasteiger partial charge in [0.25, 0.3) is 0 Å². The number of hydrogen-bond donors (Lipinski definition) is 2. The molecule has 0 unspecified atom stereocenters. The van der Waals surface area contributed by atoms with Crippen molar-refractivity contribution in [3.05, 3.63) is 35.4 Å². The van der Waals surface area contributed by atoms with E-state index in [1.54, 1.807) is 14.2 Å². The molecule has 0 aliphatic carbocycles. The summed E-state index contributed by atoms with van der Waals surface area (Å²) in [5, 5.41) is 6.35. The molecular weight excluding hydrogens is 536 g/mol. The predicted molar refractivity (Wildman–Crippen MR) is 120 cm³/mol. The molecule has 1 saturated heterocycles. The van der Waals surface area contributed by atoms with Crippen molar-refractivity contribution in [2.45, 2.75) is 31.5 Å². The van der Waals surface area contributed by atoms with Crippen LogP contribution in [0.15, 0.2) is 29.3 Å². The first-order valence-corrected chi connectivity index (χ1v) is 10.7. The molecule has 0 radical (unpaired) electrons. The maximum atomic E-state index is 12.6. The van der Waals surface area contributed by atoms with Crippen LogP contribution >= 0.6 is 24.0 Å². The van der Waals surface area contributed by atoms with E-state index in [0.717, 1.165) is 11.1 Å². The largest absolute Gasteiger partial charge is 0.511 e. The summed E-state index contributed by atoms with van der Waals surface area (Å²) in [7, 11) is -1.97. The average molecular weight is 564 g/mol. The van der Waals surface area contributed by atoms with Gasteiger partial charge in [-0.2, -0.15) is 17.5 Å². The number of aliphatic imine (C=N–C) groups is 1. The number of halogens is 4. The maximum Gasteiger partial charge on any atom is 0.511 e. The molecule has 0 aromatic heterocycles. The first-order valence-electron chi connectivity index (χ1n) is 9.25. The third kappa shape index (κ3) is 7.54. The van der Waals surface area contributed by atoms with Crippen LogP contribution in [-0.2, 0) is 27.9 Å². The van der Waals surface area contributed by atoms with E-state index >= 15 is 0 Å². The number of sulfonamides is 1. The minimum absolute atomic E-state index is 0. The number of piperidine rings is 1. The zero-order valence-corrected chi connectivity index (χ0v) is 20.1. The van der Waals surface area contributed by atoms with Crippen LogP contribution < -0.4 is 10.6 Å². The Morgan fingerprint density at radius 1 is 1.23 bits per heavy atom. The number of guanidine groups is 1. The minimum Gasteiger partial charge on any atom is -0.380 e. The molecule has 1 aliphatic rings. The van der Waals surface area contributed by atoms with Gasteiger partial charge in [0, 0.05) is 40.3 Å². The van der Waals surface area contributed by atoms with E-state index in [4.69, 9.17) is 4.74 Å².